The molecule has 0 heterocycles. The van der Waals surface area contributed by atoms with E-state index in [1.807, 2.05) is 0 Å². The molecule has 14 heavy (non-hydrogen) atoms. The molecule has 88 valence electrons. The molecule has 0 spiro atoms. The predicted molar refractivity (Wildman–Crippen MR) is 62.6 cm³/mol. The summed E-state index contributed by atoms with van der Waals surface area (Å²) >= 11 is 0. The highest BCUT2D eigenvalue weighted by molar-refractivity contribution is 4.63. The minimum Gasteiger partial charge on any atom is -0.385 e. The van der Waals surface area contributed by atoms with Gasteiger partial charge >= 0.3 is 0 Å². The van der Waals surface area contributed by atoms with Crippen LogP contribution in [0.3, 0.4) is 0 Å². The molecule has 0 saturated carbocycles. The second-order valence-corrected chi connectivity index (χ2v) is 4.04. The van der Waals surface area contributed by atoms with Gasteiger partial charge in [-0.2, -0.15) is 0 Å². The number of hydrogen-bond acceptors (Lipinski definition) is 2. The molecule has 0 aliphatic carbocycles. The van der Waals surface area contributed by atoms with E-state index in [0.717, 1.165) is 18.9 Å². The Kier molecular flexibility index (Phi) is 12.8. The summed E-state index contributed by atoms with van der Waals surface area (Å²) in [6.07, 6.45) is 1.52. The lowest BCUT2D eigenvalue weighted by Gasteiger charge is -2.21. The molecular weight excluding hydrogens is 176 g/mol. The van der Waals surface area contributed by atoms with Gasteiger partial charge < -0.3 is 9.47 Å². The van der Waals surface area contributed by atoms with Crippen molar-refractivity contribution in [2.24, 2.45) is 11.8 Å². The maximum absolute atomic E-state index is 5.17. The smallest absolute Gasteiger partial charge is 0.0571 e. The van der Waals surface area contributed by atoms with Crippen LogP contribution in [0.4, 0.5) is 0 Å². The predicted octanol–water partition coefficient (Wildman–Crippen LogP) is 3.36. The Balaban J connectivity index is 0. The van der Waals surface area contributed by atoms with Crippen LogP contribution in [0.15, 0.2) is 0 Å². The van der Waals surface area contributed by atoms with Crippen molar-refractivity contribution >= 4 is 0 Å². The molecule has 0 rings (SSSR count). The topological polar surface area (TPSA) is 18.5 Å². The first-order valence-corrected chi connectivity index (χ1v) is 5.52. The fourth-order valence-corrected chi connectivity index (χ4v) is 0.961. The molecule has 0 radical (unpaired) electrons. The van der Waals surface area contributed by atoms with Crippen molar-refractivity contribution in [3.05, 3.63) is 0 Å². The molecule has 2 unspecified atom stereocenters. The highest BCUT2D eigenvalue weighted by atomic mass is 16.5. The lowest BCUT2D eigenvalue weighted by atomic mass is 9.93. The number of ether oxygens (including phenoxy) is 2. The maximum Gasteiger partial charge on any atom is 0.0571 e. The molecule has 0 amide bonds. The van der Waals surface area contributed by atoms with Gasteiger partial charge in [0.2, 0.25) is 0 Å². The molecule has 0 fully saturated rings. The summed E-state index contributed by atoms with van der Waals surface area (Å²) < 4.78 is 9.86. The zero-order valence-corrected chi connectivity index (χ0v) is 11.0. The SMILES string of the molecule is CCCOC.COC(C)C(C)C(C)C. The highest BCUT2D eigenvalue weighted by Crippen LogP contribution is 2.15. The molecule has 0 bridgehead atoms. The molecular formula is C12H28O2. The van der Waals surface area contributed by atoms with Gasteiger partial charge in [0.25, 0.3) is 0 Å². The van der Waals surface area contributed by atoms with Gasteiger partial charge in [0.05, 0.1) is 6.10 Å². The summed E-state index contributed by atoms with van der Waals surface area (Å²) in [6, 6.07) is 0. The van der Waals surface area contributed by atoms with Crippen LogP contribution in [0.5, 0.6) is 0 Å². The van der Waals surface area contributed by atoms with E-state index in [9.17, 15) is 0 Å². The maximum atomic E-state index is 5.17. The van der Waals surface area contributed by atoms with Crippen LogP contribution in [0.25, 0.3) is 0 Å². The van der Waals surface area contributed by atoms with Crippen molar-refractivity contribution in [3.63, 3.8) is 0 Å². The third-order valence-electron chi connectivity index (χ3n) is 2.57. The molecule has 2 atom stereocenters. The van der Waals surface area contributed by atoms with E-state index in [1.54, 1.807) is 14.2 Å². The van der Waals surface area contributed by atoms with Gasteiger partial charge in [-0.3, -0.25) is 0 Å². The van der Waals surface area contributed by atoms with Crippen LogP contribution in [-0.2, 0) is 9.47 Å². The van der Waals surface area contributed by atoms with E-state index in [1.165, 1.54) is 0 Å². The number of hydrogen-bond donors (Lipinski definition) is 0. The van der Waals surface area contributed by atoms with E-state index < -0.39 is 0 Å². The van der Waals surface area contributed by atoms with Crippen molar-refractivity contribution in [3.8, 4) is 0 Å². The molecule has 0 aliphatic rings. The Morgan fingerprint density at radius 1 is 1.00 bits per heavy atom. The average Bonchev–Trinajstić information content (AvgIpc) is 2.17. The first kappa shape index (κ1) is 16.4. The third-order valence-corrected chi connectivity index (χ3v) is 2.57. The zero-order valence-electron chi connectivity index (χ0n) is 11.0. The Bertz CT molecular complexity index is 100. The largest absolute Gasteiger partial charge is 0.385 e. The lowest BCUT2D eigenvalue weighted by molar-refractivity contribution is 0.0556. The molecule has 0 saturated heterocycles. The van der Waals surface area contributed by atoms with Gasteiger partial charge in [-0.05, 0) is 25.2 Å². The first-order valence-electron chi connectivity index (χ1n) is 5.52. The van der Waals surface area contributed by atoms with Gasteiger partial charge in [-0.15, -0.1) is 0 Å². The first-order chi connectivity index (χ1) is 6.51. The average molecular weight is 204 g/mol. The summed E-state index contributed by atoms with van der Waals surface area (Å²) in [5, 5.41) is 0. The van der Waals surface area contributed by atoms with Gasteiger partial charge in [0, 0.05) is 20.8 Å². The Hall–Kier alpha value is -0.0800. The van der Waals surface area contributed by atoms with Gasteiger partial charge in [0.1, 0.15) is 0 Å². The van der Waals surface area contributed by atoms with Gasteiger partial charge in [0.15, 0.2) is 0 Å². The quantitative estimate of drug-likeness (QED) is 0.683. The van der Waals surface area contributed by atoms with Gasteiger partial charge in [-0.1, -0.05) is 27.7 Å². The number of methoxy groups -OCH3 is 2. The minimum absolute atomic E-state index is 0.394. The fourth-order valence-electron chi connectivity index (χ4n) is 0.961. The number of rotatable bonds is 5. The van der Waals surface area contributed by atoms with E-state index in [0.29, 0.717) is 12.0 Å². The second kappa shape index (κ2) is 11.0. The van der Waals surface area contributed by atoms with Crippen LogP contribution in [0, 0.1) is 11.8 Å². The Morgan fingerprint density at radius 3 is 1.57 bits per heavy atom. The van der Waals surface area contributed by atoms with E-state index >= 15 is 0 Å². The summed E-state index contributed by atoms with van der Waals surface area (Å²) in [6.45, 7) is 11.8. The van der Waals surface area contributed by atoms with Crippen LogP contribution in [0.2, 0.25) is 0 Å². The van der Waals surface area contributed by atoms with Crippen molar-refractivity contribution in [1.82, 2.24) is 0 Å². The molecule has 2 heteroatoms. The summed E-state index contributed by atoms with van der Waals surface area (Å²) in [4.78, 5) is 0. The van der Waals surface area contributed by atoms with Crippen molar-refractivity contribution in [2.45, 2.75) is 47.1 Å². The lowest BCUT2D eigenvalue weighted by Crippen LogP contribution is -2.20. The van der Waals surface area contributed by atoms with Crippen LogP contribution in [-0.4, -0.2) is 26.9 Å². The van der Waals surface area contributed by atoms with E-state index in [-0.39, 0.29) is 0 Å². The van der Waals surface area contributed by atoms with Crippen molar-refractivity contribution in [1.29, 1.82) is 0 Å². The van der Waals surface area contributed by atoms with Crippen LogP contribution < -0.4 is 0 Å². The summed E-state index contributed by atoms with van der Waals surface area (Å²) in [7, 11) is 3.48. The fraction of sp³-hybridized carbons (Fsp3) is 1.00. The molecule has 2 nitrogen and oxygen atoms in total. The zero-order chi connectivity index (χ0) is 11.6. The second-order valence-electron chi connectivity index (χ2n) is 4.04. The minimum atomic E-state index is 0.394. The normalized spacial score (nSPS) is 14.6. The van der Waals surface area contributed by atoms with Crippen molar-refractivity contribution in [2.75, 3.05) is 20.8 Å². The van der Waals surface area contributed by atoms with E-state index in [2.05, 4.69) is 34.6 Å². The van der Waals surface area contributed by atoms with Crippen LogP contribution >= 0.6 is 0 Å². The highest BCUT2D eigenvalue weighted by Gasteiger charge is 2.13. The third kappa shape index (κ3) is 10.0. The molecule has 0 aliphatic heterocycles. The monoisotopic (exact) mass is 204 g/mol. The molecule has 0 aromatic rings. The van der Waals surface area contributed by atoms with Gasteiger partial charge in [-0.25, -0.2) is 0 Å². The summed E-state index contributed by atoms with van der Waals surface area (Å²) in [5.74, 6) is 1.38. The van der Waals surface area contributed by atoms with Crippen LogP contribution in [0.1, 0.15) is 41.0 Å². The summed E-state index contributed by atoms with van der Waals surface area (Å²) in [5.41, 5.74) is 0. The van der Waals surface area contributed by atoms with Crippen molar-refractivity contribution < 1.29 is 9.47 Å². The Labute approximate surface area is 90.0 Å². The molecule has 0 aromatic heterocycles. The standard InChI is InChI=1S/C8H18O.C4H10O/c1-6(2)7(3)8(4)9-5;1-3-4-5-2/h6-8H,1-5H3;3-4H2,1-2H3. The molecule has 0 aromatic carbocycles. The molecule has 0 N–H and O–H groups in total. The van der Waals surface area contributed by atoms with E-state index in [4.69, 9.17) is 9.47 Å². The Morgan fingerprint density at radius 2 is 1.50 bits per heavy atom.